The van der Waals surface area contributed by atoms with Gasteiger partial charge in [-0.1, -0.05) is 47.1 Å². The summed E-state index contributed by atoms with van der Waals surface area (Å²) in [6.07, 6.45) is 0.931. The zero-order chi connectivity index (χ0) is 15.9. The molecule has 0 aliphatic rings. The van der Waals surface area contributed by atoms with Crippen LogP contribution in [0.5, 0.6) is 0 Å². The number of thiocarbonyl (C=S) groups is 1. The number of hydrogen-bond acceptors (Lipinski definition) is 1. The van der Waals surface area contributed by atoms with Crippen molar-refractivity contribution in [2.75, 3.05) is 0 Å². The Kier molecular flexibility index (Phi) is 6.34. The first-order chi connectivity index (χ1) is 10.6. The van der Waals surface area contributed by atoms with E-state index in [4.69, 9.17) is 12.2 Å². The van der Waals surface area contributed by atoms with Crippen molar-refractivity contribution in [3.63, 3.8) is 0 Å². The number of hydrogen-bond donors (Lipinski definition) is 2. The average Bonchev–Trinajstić information content (AvgIpc) is 2.53. The average molecular weight is 381 g/mol. The van der Waals surface area contributed by atoms with E-state index in [1.807, 2.05) is 12.1 Å². The summed E-state index contributed by atoms with van der Waals surface area (Å²) in [6.45, 7) is 2.69. The van der Waals surface area contributed by atoms with Gasteiger partial charge in [-0.3, -0.25) is 0 Å². The second-order valence-corrected chi connectivity index (χ2v) is 6.29. The van der Waals surface area contributed by atoms with Crippen LogP contribution in [0.4, 0.5) is 4.39 Å². The van der Waals surface area contributed by atoms with Crippen LogP contribution in [0.25, 0.3) is 0 Å². The Morgan fingerprint density at radius 2 is 1.77 bits per heavy atom. The molecule has 22 heavy (non-hydrogen) atoms. The molecule has 0 aliphatic heterocycles. The van der Waals surface area contributed by atoms with Crippen LogP contribution in [0.15, 0.2) is 53.0 Å². The fraction of sp³-hybridized carbons (Fsp3) is 0.235. The first-order valence-electron chi connectivity index (χ1n) is 7.12. The van der Waals surface area contributed by atoms with Gasteiger partial charge in [-0.05, 0) is 54.0 Å². The van der Waals surface area contributed by atoms with Crippen LogP contribution in [0.1, 0.15) is 30.5 Å². The molecule has 116 valence electrons. The normalized spacial score (nSPS) is 11.8. The lowest BCUT2D eigenvalue weighted by atomic mass is 10.1. The van der Waals surface area contributed by atoms with E-state index in [0.29, 0.717) is 11.7 Å². The summed E-state index contributed by atoms with van der Waals surface area (Å²) in [5.74, 6) is -0.231. The third-order valence-electron chi connectivity index (χ3n) is 3.35. The quantitative estimate of drug-likeness (QED) is 0.734. The van der Waals surface area contributed by atoms with E-state index >= 15 is 0 Å². The van der Waals surface area contributed by atoms with Gasteiger partial charge >= 0.3 is 0 Å². The van der Waals surface area contributed by atoms with E-state index in [1.54, 1.807) is 12.1 Å². The molecular weight excluding hydrogens is 363 g/mol. The molecule has 5 heteroatoms. The lowest BCUT2D eigenvalue weighted by Crippen LogP contribution is -2.37. The predicted molar refractivity (Wildman–Crippen MR) is 96.1 cm³/mol. The van der Waals surface area contributed by atoms with E-state index in [-0.39, 0.29) is 11.9 Å². The van der Waals surface area contributed by atoms with Gasteiger partial charge in [0.25, 0.3) is 0 Å². The van der Waals surface area contributed by atoms with E-state index in [1.165, 1.54) is 17.7 Å². The smallest absolute Gasteiger partial charge is 0.167 e. The molecule has 0 radical (unpaired) electrons. The molecule has 0 heterocycles. The van der Waals surface area contributed by atoms with E-state index in [2.05, 4.69) is 45.6 Å². The van der Waals surface area contributed by atoms with Gasteiger partial charge in [0.05, 0.1) is 6.04 Å². The number of halogens is 2. The van der Waals surface area contributed by atoms with Gasteiger partial charge in [0.1, 0.15) is 5.82 Å². The zero-order valence-corrected chi connectivity index (χ0v) is 14.7. The van der Waals surface area contributed by atoms with Crippen molar-refractivity contribution in [2.24, 2.45) is 0 Å². The van der Waals surface area contributed by atoms with Crippen LogP contribution in [0.3, 0.4) is 0 Å². The highest BCUT2D eigenvalue weighted by molar-refractivity contribution is 9.10. The first-order valence-corrected chi connectivity index (χ1v) is 8.33. The van der Waals surface area contributed by atoms with Gasteiger partial charge in [0.2, 0.25) is 0 Å². The minimum atomic E-state index is -0.231. The minimum Gasteiger partial charge on any atom is -0.359 e. The monoisotopic (exact) mass is 380 g/mol. The maximum Gasteiger partial charge on any atom is 0.167 e. The van der Waals surface area contributed by atoms with Gasteiger partial charge in [0.15, 0.2) is 5.11 Å². The molecule has 1 atom stereocenters. The van der Waals surface area contributed by atoms with Gasteiger partial charge in [-0.2, -0.15) is 0 Å². The highest BCUT2D eigenvalue weighted by Crippen LogP contribution is 2.19. The summed E-state index contributed by atoms with van der Waals surface area (Å²) in [5, 5.41) is 7.06. The topological polar surface area (TPSA) is 24.1 Å². The van der Waals surface area contributed by atoms with Crippen molar-refractivity contribution in [1.82, 2.24) is 10.6 Å². The largest absolute Gasteiger partial charge is 0.359 e. The maximum atomic E-state index is 12.9. The molecule has 0 aromatic heterocycles. The zero-order valence-electron chi connectivity index (χ0n) is 12.3. The summed E-state index contributed by atoms with van der Waals surface area (Å²) >= 11 is 8.78. The van der Waals surface area contributed by atoms with E-state index < -0.39 is 0 Å². The summed E-state index contributed by atoms with van der Waals surface area (Å²) in [4.78, 5) is 0. The first kappa shape index (κ1) is 16.9. The van der Waals surface area contributed by atoms with Crippen LogP contribution in [0, 0.1) is 5.82 Å². The van der Waals surface area contributed by atoms with Crippen molar-refractivity contribution in [1.29, 1.82) is 0 Å². The lowest BCUT2D eigenvalue weighted by molar-refractivity contribution is 0.615. The third kappa shape index (κ3) is 5.07. The van der Waals surface area contributed by atoms with Gasteiger partial charge in [0, 0.05) is 11.0 Å². The molecule has 0 fully saturated rings. The third-order valence-corrected chi connectivity index (χ3v) is 4.14. The minimum absolute atomic E-state index is 0.168. The van der Waals surface area contributed by atoms with Crippen LogP contribution in [-0.4, -0.2) is 5.11 Å². The molecule has 0 bridgehead atoms. The number of rotatable bonds is 5. The van der Waals surface area contributed by atoms with Crippen molar-refractivity contribution >= 4 is 33.3 Å². The van der Waals surface area contributed by atoms with E-state index in [0.717, 1.165) is 16.5 Å². The molecular formula is C17H18BrFN2S. The second kappa shape index (κ2) is 8.25. The molecule has 0 saturated carbocycles. The summed E-state index contributed by atoms with van der Waals surface area (Å²) < 4.78 is 13.9. The number of benzene rings is 2. The Hall–Kier alpha value is -1.46. The Labute approximate surface area is 144 Å². The fourth-order valence-corrected chi connectivity index (χ4v) is 2.59. The van der Waals surface area contributed by atoms with Crippen molar-refractivity contribution in [2.45, 2.75) is 25.9 Å². The summed E-state index contributed by atoms with van der Waals surface area (Å²) in [5.41, 5.74) is 2.18. The Morgan fingerprint density at radius 1 is 1.14 bits per heavy atom. The standard InChI is InChI=1S/C17H18BrFN2S/c1-2-16(13-5-7-14(18)8-6-13)21-17(22)20-11-12-3-9-15(19)10-4-12/h3-10,16H,2,11H2,1H3,(H2,20,21,22)/t16-/m0/s1. The molecule has 2 rings (SSSR count). The molecule has 2 aromatic carbocycles. The molecule has 2 N–H and O–H groups in total. The highest BCUT2D eigenvalue weighted by Gasteiger charge is 2.10. The van der Waals surface area contributed by atoms with Crippen molar-refractivity contribution in [3.05, 3.63) is 69.9 Å². The molecule has 0 aliphatic carbocycles. The Balaban J connectivity index is 1.89. The summed E-state index contributed by atoms with van der Waals surface area (Å²) in [7, 11) is 0. The maximum absolute atomic E-state index is 12.9. The van der Waals surface area contributed by atoms with Crippen LogP contribution >= 0.6 is 28.1 Å². The number of nitrogens with one attached hydrogen (secondary N) is 2. The molecule has 0 unspecified atom stereocenters. The Morgan fingerprint density at radius 3 is 2.36 bits per heavy atom. The molecule has 0 amide bonds. The van der Waals surface area contributed by atoms with Gasteiger partial charge in [-0.25, -0.2) is 4.39 Å². The molecule has 0 saturated heterocycles. The molecule has 2 aromatic rings. The Bertz CT molecular complexity index is 614. The van der Waals surface area contributed by atoms with Crippen LogP contribution < -0.4 is 10.6 Å². The van der Waals surface area contributed by atoms with Crippen LogP contribution in [-0.2, 0) is 6.54 Å². The SMILES string of the molecule is CC[C@H](NC(=S)NCc1ccc(F)cc1)c1ccc(Br)cc1. The molecule has 2 nitrogen and oxygen atoms in total. The van der Waals surface area contributed by atoms with Crippen molar-refractivity contribution < 1.29 is 4.39 Å². The van der Waals surface area contributed by atoms with E-state index in [9.17, 15) is 4.39 Å². The van der Waals surface area contributed by atoms with Crippen molar-refractivity contribution in [3.8, 4) is 0 Å². The molecule has 0 spiro atoms. The summed E-state index contributed by atoms with van der Waals surface area (Å²) in [6, 6.07) is 14.8. The van der Waals surface area contributed by atoms with Crippen LogP contribution in [0.2, 0.25) is 0 Å². The van der Waals surface area contributed by atoms with Gasteiger partial charge in [-0.15, -0.1) is 0 Å². The fourth-order valence-electron chi connectivity index (χ4n) is 2.11. The predicted octanol–water partition coefficient (Wildman–Crippen LogP) is 4.70. The van der Waals surface area contributed by atoms with Gasteiger partial charge < -0.3 is 10.6 Å². The highest BCUT2D eigenvalue weighted by atomic mass is 79.9. The second-order valence-electron chi connectivity index (χ2n) is 4.97. The lowest BCUT2D eigenvalue weighted by Gasteiger charge is -2.20.